The highest BCUT2D eigenvalue weighted by atomic mass is 35.5. The van der Waals surface area contributed by atoms with Gasteiger partial charge in [0.1, 0.15) is 0 Å². The second-order valence-electron chi connectivity index (χ2n) is 6.23. The molecular formula is C18H32Cl2N2O3. The van der Waals surface area contributed by atoms with Crippen molar-refractivity contribution in [1.82, 2.24) is 10.2 Å². The Morgan fingerprint density at radius 1 is 1.28 bits per heavy atom. The van der Waals surface area contributed by atoms with Gasteiger partial charge in [-0.3, -0.25) is 4.90 Å². The summed E-state index contributed by atoms with van der Waals surface area (Å²) < 4.78 is 11.2. The maximum Gasteiger partial charge on any atom is 0.165 e. The Morgan fingerprint density at radius 3 is 2.56 bits per heavy atom. The van der Waals surface area contributed by atoms with Crippen LogP contribution in [-0.2, 0) is 6.54 Å². The first-order valence-corrected chi connectivity index (χ1v) is 8.51. The molecule has 0 aliphatic carbocycles. The molecule has 7 heteroatoms. The van der Waals surface area contributed by atoms with Crippen molar-refractivity contribution in [2.24, 2.45) is 5.92 Å². The Bertz CT molecular complexity index is 485. The monoisotopic (exact) mass is 394 g/mol. The van der Waals surface area contributed by atoms with Crippen molar-refractivity contribution in [3.05, 3.63) is 23.8 Å². The van der Waals surface area contributed by atoms with E-state index in [0.717, 1.165) is 49.5 Å². The Kier molecular flexibility index (Phi) is 12.2. The topological polar surface area (TPSA) is 54.0 Å². The van der Waals surface area contributed by atoms with Gasteiger partial charge >= 0.3 is 0 Å². The largest absolute Gasteiger partial charge is 0.493 e. The maximum absolute atomic E-state index is 10.5. The Hall–Kier alpha value is -0.720. The molecule has 0 aromatic heterocycles. The number of methoxy groups -OCH3 is 1. The van der Waals surface area contributed by atoms with Crippen LogP contribution in [0.15, 0.2) is 18.2 Å². The standard InChI is InChI=1S/C18H30N2O3.2ClH/c1-4-23-18-15(6-5-7-17(18)22-3)12-20(2)13-16(21)14-8-10-19-11-9-14;;/h5-7,14,16,19,21H,4,8-13H2,1-3H3;2*1H. The van der Waals surface area contributed by atoms with Crippen LogP contribution < -0.4 is 14.8 Å². The van der Waals surface area contributed by atoms with Gasteiger partial charge < -0.3 is 19.9 Å². The molecule has 0 saturated carbocycles. The number of hydrogen-bond acceptors (Lipinski definition) is 5. The Labute approximate surface area is 163 Å². The van der Waals surface area contributed by atoms with Crippen molar-refractivity contribution in [3.63, 3.8) is 0 Å². The van der Waals surface area contributed by atoms with Gasteiger partial charge in [-0.2, -0.15) is 0 Å². The SMILES string of the molecule is CCOc1c(CN(C)CC(O)C2CCNCC2)cccc1OC.Cl.Cl. The number of benzene rings is 1. The van der Waals surface area contributed by atoms with E-state index in [4.69, 9.17) is 9.47 Å². The molecule has 0 amide bonds. The normalized spacial score (nSPS) is 15.9. The third kappa shape index (κ3) is 7.19. The average Bonchev–Trinajstić information content (AvgIpc) is 2.57. The minimum atomic E-state index is -0.275. The number of hydrogen-bond donors (Lipinski definition) is 2. The first-order valence-electron chi connectivity index (χ1n) is 8.51. The summed E-state index contributed by atoms with van der Waals surface area (Å²) in [6.45, 7) is 6.00. The summed E-state index contributed by atoms with van der Waals surface area (Å²) in [5, 5.41) is 13.8. The van der Waals surface area contributed by atoms with Gasteiger partial charge in [0, 0.05) is 18.7 Å². The number of aliphatic hydroxyl groups is 1. The highest BCUT2D eigenvalue weighted by molar-refractivity contribution is 5.85. The number of aliphatic hydroxyl groups excluding tert-OH is 1. The minimum Gasteiger partial charge on any atom is -0.493 e. The Balaban J connectivity index is 0.00000288. The van der Waals surface area contributed by atoms with Crippen molar-refractivity contribution >= 4 is 24.8 Å². The van der Waals surface area contributed by atoms with Gasteiger partial charge in [-0.15, -0.1) is 24.8 Å². The third-order valence-corrected chi connectivity index (χ3v) is 4.44. The summed E-state index contributed by atoms with van der Waals surface area (Å²) in [4.78, 5) is 2.16. The number of ether oxygens (including phenoxy) is 2. The van der Waals surface area contributed by atoms with Crippen molar-refractivity contribution in [3.8, 4) is 11.5 Å². The van der Waals surface area contributed by atoms with Gasteiger partial charge in [0.2, 0.25) is 0 Å². The van der Waals surface area contributed by atoms with Crippen molar-refractivity contribution in [1.29, 1.82) is 0 Å². The first kappa shape index (κ1) is 24.3. The van der Waals surface area contributed by atoms with Crippen molar-refractivity contribution in [2.75, 3.05) is 40.4 Å². The molecule has 1 atom stereocenters. The van der Waals surface area contributed by atoms with Crippen LogP contribution in [0.1, 0.15) is 25.3 Å². The van der Waals surface area contributed by atoms with Crippen LogP contribution in [0.3, 0.4) is 0 Å². The van der Waals surface area contributed by atoms with E-state index in [9.17, 15) is 5.11 Å². The zero-order valence-corrected chi connectivity index (χ0v) is 17.0. The summed E-state index contributed by atoms with van der Waals surface area (Å²) in [6.07, 6.45) is 1.83. The van der Waals surface area contributed by atoms with Crippen LogP contribution in [-0.4, -0.2) is 56.5 Å². The predicted octanol–water partition coefficient (Wildman–Crippen LogP) is 2.73. The second-order valence-corrected chi connectivity index (χ2v) is 6.23. The van der Waals surface area contributed by atoms with E-state index in [2.05, 4.69) is 16.3 Å². The fraction of sp³-hybridized carbons (Fsp3) is 0.667. The summed E-state index contributed by atoms with van der Waals surface area (Å²) in [5.74, 6) is 1.97. The van der Waals surface area contributed by atoms with Gasteiger partial charge in [-0.05, 0) is 51.9 Å². The second kappa shape index (κ2) is 12.6. The van der Waals surface area contributed by atoms with Crippen LogP contribution >= 0.6 is 24.8 Å². The highest BCUT2D eigenvalue weighted by Crippen LogP contribution is 2.32. The van der Waals surface area contributed by atoms with Crippen LogP contribution in [0.25, 0.3) is 0 Å². The predicted molar refractivity (Wildman–Crippen MR) is 107 cm³/mol. The molecular weight excluding hydrogens is 363 g/mol. The third-order valence-electron chi connectivity index (χ3n) is 4.44. The lowest BCUT2D eigenvalue weighted by atomic mass is 9.92. The molecule has 1 heterocycles. The fourth-order valence-electron chi connectivity index (χ4n) is 3.21. The van der Waals surface area contributed by atoms with Gasteiger partial charge in [0.05, 0.1) is 19.8 Å². The molecule has 1 aliphatic rings. The molecule has 1 aliphatic heterocycles. The number of halogens is 2. The molecule has 1 aromatic rings. The molecule has 2 N–H and O–H groups in total. The molecule has 1 unspecified atom stereocenters. The average molecular weight is 395 g/mol. The number of likely N-dealkylation sites (N-methyl/N-ethyl adjacent to an activating group) is 1. The van der Waals surface area contributed by atoms with E-state index in [1.807, 2.05) is 26.1 Å². The number of para-hydroxylation sites is 1. The molecule has 2 rings (SSSR count). The molecule has 5 nitrogen and oxygen atoms in total. The van der Waals surface area contributed by atoms with Crippen LogP contribution in [0, 0.1) is 5.92 Å². The van der Waals surface area contributed by atoms with Crippen LogP contribution in [0.5, 0.6) is 11.5 Å². The van der Waals surface area contributed by atoms with Crippen molar-refractivity contribution in [2.45, 2.75) is 32.4 Å². The smallest absolute Gasteiger partial charge is 0.165 e. The van der Waals surface area contributed by atoms with E-state index in [1.165, 1.54) is 0 Å². The zero-order valence-electron chi connectivity index (χ0n) is 15.4. The van der Waals surface area contributed by atoms with Gasteiger partial charge in [0.25, 0.3) is 0 Å². The first-order chi connectivity index (χ1) is 11.2. The fourth-order valence-corrected chi connectivity index (χ4v) is 3.21. The molecule has 0 spiro atoms. The van der Waals surface area contributed by atoms with E-state index in [-0.39, 0.29) is 30.9 Å². The van der Waals surface area contributed by atoms with E-state index in [1.54, 1.807) is 7.11 Å². The number of rotatable bonds is 8. The van der Waals surface area contributed by atoms with Crippen LogP contribution in [0.4, 0.5) is 0 Å². The molecule has 0 bridgehead atoms. The lowest BCUT2D eigenvalue weighted by Gasteiger charge is -2.30. The number of nitrogens with one attached hydrogen (secondary N) is 1. The summed E-state index contributed by atoms with van der Waals surface area (Å²) >= 11 is 0. The van der Waals surface area contributed by atoms with Crippen LogP contribution in [0.2, 0.25) is 0 Å². The molecule has 146 valence electrons. The van der Waals surface area contributed by atoms with E-state index in [0.29, 0.717) is 19.1 Å². The van der Waals surface area contributed by atoms with Gasteiger partial charge in [-0.25, -0.2) is 0 Å². The quantitative estimate of drug-likeness (QED) is 0.709. The molecule has 1 saturated heterocycles. The number of nitrogens with zero attached hydrogens (tertiary/aromatic N) is 1. The number of piperidine rings is 1. The highest BCUT2D eigenvalue weighted by Gasteiger charge is 2.23. The molecule has 1 aromatic carbocycles. The summed E-state index contributed by atoms with van der Waals surface area (Å²) in [5.41, 5.74) is 1.09. The maximum atomic E-state index is 10.5. The summed E-state index contributed by atoms with van der Waals surface area (Å²) in [6, 6.07) is 5.95. The zero-order chi connectivity index (χ0) is 16.7. The lowest BCUT2D eigenvalue weighted by molar-refractivity contribution is 0.0559. The molecule has 25 heavy (non-hydrogen) atoms. The van der Waals surface area contributed by atoms with E-state index >= 15 is 0 Å². The minimum absolute atomic E-state index is 0. The Morgan fingerprint density at radius 2 is 1.96 bits per heavy atom. The lowest BCUT2D eigenvalue weighted by Crippen LogP contribution is -2.39. The molecule has 0 radical (unpaired) electrons. The van der Waals surface area contributed by atoms with E-state index < -0.39 is 0 Å². The van der Waals surface area contributed by atoms with Gasteiger partial charge in [-0.1, -0.05) is 12.1 Å². The van der Waals surface area contributed by atoms with Gasteiger partial charge in [0.15, 0.2) is 11.5 Å². The molecule has 1 fully saturated rings. The summed E-state index contributed by atoms with van der Waals surface area (Å²) in [7, 11) is 3.70. The van der Waals surface area contributed by atoms with Crippen molar-refractivity contribution < 1.29 is 14.6 Å².